The van der Waals surface area contributed by atoms with Gasteiger partial charge in [0.15, 0.2) is 5.96 Å². The molecule has 6 heteroatoms. The number of rotatable bonds is 8. The van der Waals surface area contributed by atoms with Crippen LogP contribution >= 0.6 is 35.3 Å². The number of hydrogen-bond acceptors (Lipinski definition) is 3. The highest BCUT2D eigenvalue weighted by Crippen LogP contribution is 2.13. The zero-order valence-corrected chi connectivity index (χ0v) is 17.4. The van der Waals surface area contributed by atoms with E-state index in [0.29, 0.717) is 6.54 Å². The number of thiophene rings is 1. The molecule has 1 aromatic heterocycles. The second-order valence-electron chi connectivity index (χ2n) is 5.26. The second-order valence-corrected chi connectivity index (χ2v) is 6.04. The molecule has 2 N–H and O–H groups in total. The SMILES string of the molecule is CCCCOc1cccc(CNC(=NC)NCc2ccsc2)c1.I. The maximum absolute atomic E-state index is 5.74. The van der Waals surface area contributed by atoms with Gasteiger partial charge in [0.1, 0.15) is 5.75 Å². The van der Waals surface area contributed by atoms with Crippen molar-refractivity contribution in [1.29, 1.82) is 0 Å². The maximum Gasteiger partial charge on any atom is 0.191 e. The van der Waals surface area contributed by atoms with Gasteiger partial charge in [-0.25, -0.2) is 0 Å². The summed E-state index contributed by atoms with van der Waals surface area (Å²) in [6.07, 6.45) is 2.23. The fourth-order valence-electron chi connectivity index (χ4n) is 2.07. The van der Waals surface area contributed by atoms with Gasteiger partial charge in [0, 0.05) is 20.1 Å². The number of aliphatic imine (C=N–C) groups is 1. The van der Waals surface area contributed by atoms with Crippen molar-refractivity contribution in [1.82, 2.24) is 10.6 Å². The third-order valence-corrected chi connectivity index (χ3v) is 4.12. The smallest absolute Gasteiger partial charge is 0.191 e. The summed E-state index contributed by atoms with van der Waals surface area (Å²) in [5.74, 6) is 1.73. The lowest BCUT2D eigenvalue weighted by Gasteiger charge is -2.12. The minimum atomic E-state index is 0. The summed E-state index contributed by atoms with van der Waals surface area (Å²) in [6, 6.07) is 10.3. The molecule has 0 radical (unpaired) electrons. The minimum absolute atomic E-state index is 0. The molecule has 2 rings (SSSR count). The van der Waals surface area contributed by atoms with Crippen molar-refractivity contribution in [2.24, 2.45) is 4.99 Å². The Kier molecular flexibility index (Phi) is 10.5. The molecular formula is C18H26IN3OS. The third kappa shape index (κ3) is 7.53. The Morgan fingerprint density at radius 3 is 2.62 bits per heavy atom. The van der Waals surface area contributed by atoms with E-state index >= 15 is 0 Å². The largest absolute Gasteiger partial charge is 0.494 e. The van der Waals surface area contributed by atoms with Gasteiger partial charge >= 0.3 is 0 Å². The molecule has 0 fully saturated rings. The van der Waals surface area contributed by atoms with Crippen LogP contribution in [0.3, 0.4) is 0 Å². The lowest BCUT2D eigenvalue weighted by atomic mass is 10.2. The fraction of sp³-hybridized carbons (Fsp3) is 0.389. The van der Waals surface area contributed by atoms with Crippen LogP contribution < -0.4 is 15.4 Å². The Balaban J connectivity index is 0.00000288. The van der Waals surface area contributed by atoms with Crippen LogP contribution in [0.25, 0.3) is 0 Å². The number of benzene rings is 1. The lowest BCUT2D eigenvalue weighted by molar-refractivity contribution is 0.309. The molecule has 2 aromatic rings. The zero-order valence-electron chi connectivity index (χ0n) is 14.2. The van der Waals surface area contributed by atoms with Crippen LogP contribution in [0, 0.1) is 0 Å². The van der Waals surface area contributed by atoms with Crippen molar-refractivity contribution < 1.29 is 4.74 Å². The normalized spacial score (nSPS) is 10.8. The first-order valence-corrected chi connectivity index (χ1v) is 8.93. The van der Waals surface area contributed by atoms with Gasteiger partial charge in [0.2, 0.25) is 0 Å². The molecule has 4 nitrogen and oxygen atoms in total. The Labute approximate surface area is 165 Å². The van der Waals surface area contributed by atoms with Crippen LogP contribution in [-0.2, 0) is 13.1 Å². The van der Waals surface area contributed by atoms with Crippen molar-refractivity contribution >= 4 is 41.3 Å². The van der Waals surface area contributed by atoms with Gasteiger partial charge in [0.05, 0.1) is 6.61 Å². The van der Waals surface area contributed by atoms with E-state index in [0.717, 1.165) is 37.7 Å². The van der Waals surface area contributed by atoms with Crippen LogP contribution in [0.5, 0.6) is 5.75 Å². The van der Waals surface area contributed by atoms with E-state index in [2.05, 4.69) is 51.5 Å². The third-order valence-electron chi connectivity index (χ3n) is 3.39. The highest BCUT2D eigenvalue weighted by molar-refractivity contribution is 14.0. The van der Waals surface area contributed by atoms with Crippen molar-refractivity contribution in [2.75, 3.05) is 13.7 Å². The van der Waals surface area contributed by atoms with Gasteiger partial charge in [-0.05, 0) is 46.5 Å². The van der Waals surface area contributed by atoms with Gasteiger partial charge in [-0.1, -0.05) is 25.5 Å². The van der Waals surface area contributed by atoms with Gasteiger partial charge in [-0.15, -0.1) is 24.0 Å². The van der Waals surface area contributed by atoms with Gasteiger partial charge in [0.25, 0.3) is 0 Å². The summed E-state index contributed by atoms with van der Waals surface area (Å²) in [5.41, 5.74) is 2.45. The van der Waals surface area contributed by atoms with E-state index in [1.807, 2.05) is 12.1 Å². The second kappa shape index (κ2) is 12.1. The van der Waals surface area contributed by atoms with Crippen molar-refractivity contribution in [3.63, 3.8) is 0 Å². The summed E-state index contributed by atoms with van der Waals surface area (Å²) in [4.78, 5) is 4.25. The molecule has 0 aliphatic heterocycles. The molecule has 0 saturated heterocycles. The van der Waals surface area contributed by atoms with Crippen LogP contribution in [0.15, 0.2) is 46.1 Å². The predicted molar refractivity (Wildman–Crippen MR) is 114 cm³/mol. The Morgan fingerprint density at radius 1 is 1.17 bits per heavy atom. The van der Waals surface area contributed by atoms with Crippen LogP contribution in [0.1, 0.15) is 30.9 Å². The molecule has 0 spiro atoms. The number of nitrogens with one attached hydrogen (secondary N) is 2. The van der Waals surface area contributed by atoms with E-state index in [4.69, 9.17) is 4.74 Å². The molecule has 0 aliphatic rings. The minimum Gasteiger partial charge on any atom is -0.494 e. The number of hydrogen-bond donors (Lipinski definition) is 2. The van der Waals surface area contributed by atoms with Crippen LogP contribution in [0.2, 0.25) is 0 Å². The van der Waals surface area contributed by atoms with E-state index in [1.165, 1.54) is 11.1 Å². The van der Waals surface area contributed by atoms with Crippen molar-refractivity contribution in [2.45, 2.75) is 32.9 Å². The predicted octanol–water partition coefficient (Wildman–Crippen LogP) is 4.41. The van der Waals surface area contributed by atoms with E-state index in [1.54, 1.807) is 18.4 Å². The zero-order chi connectivity index (χ0) is 16.3. The monoisotopic (exact) mass is 459 g/mol. The first-order valence-electron chi connectivity index (χ1n) is 7.99. The van der Waals surface area contributed by atoms with E-state index in [9.17, 15) is 0 Å². The number of unbranched alkanes of at least 4 members (excludes halogenated alkanes) is 1. The van der Waals surface area contributed by atoms with E-state index in [-0.39, 0.29) is 24.0 Å². The van der Waals surface area contributed by atoms with Gasteiger partial charge in [-0.2, -0.15) is 11.3 Å². The Hall–Kier alpha value is -1.28. The first kappa shape index (κ1) is 20.8. The molecule has 132 valence electrons. The molecule has 24 heavy (non-hydrogen) atoms. The lowest BCUT2D eigenvalue weighted by Crippen LogP contribution is -2.36. The molecule has 1 aromatic carbocycles. The van der Waals surface area contributed by atoms with Gasteiger partial charge in [-0.3, -0.25) is 4.99 Å². The first-order chi connectivity index (χ1) is 11.3. The summed E-state index contributed by atoms with van der Waals surface area (Å²) < 4.78 is 5.74. The molecule has 0 unspecified atom stereocenters. The topological polar surface area (TPSA) is 45.6 Å². The molecule has 1 heterocycles. The Morgan fingerprint density at radius 2 is 1.96 bits per heavy atom. The van der Waals surface area contributed by atoms with Gasteiger partial charge < -0.3 is 15.4 Å². The molecule has 0 saturated carbocycles. The van der Waals surface area contributed by atoms with Crippen molar-refractivity contribution in [3.8, 4) is 5.75 Å². The van der Waals surface area contributed by atoms with Crippen LogP contribution in [0.4, 0.5) is 0 Å². The Bertz CT molecular complexity index is 602. The summed E-state index contributed by atoms with van der Waals surface area (Å²) in [6.45, 7) is 4.44. The quantitative estimate of drug-likeness (QED) is 0.266. The highest BCUT2D eigenvalue weighted by Gasteiger charge is 2.01. The summed E-state index contributed by atoms with van der Waals surface area (Å²) in [7, 11) is 1.78. The molecule has 0 amide bonds. The number of halogens is 1. The van der Waals surface area contributed by atoms with E-state index < -0.39 is 0 Å². The summed E-state index contributed by atoms with van der Waals surface area (Å²) >= 11 is 1.70. The molecular weight excluding hydrogens is 433 g/mol. The number of guanidine groups is 1. The average Bonchev–Trinajstić information content (AvgIpc) is 3.09. The maximum atomic E-state index is 5.74. The molecule has 0 atom stereocenters. The molecule has 0 aliphatic carbocycles. The standard InChI is InChI=1S/C18H25N3OS.HI/c1-3-4-9-22-17-7-5-6-15(11-17)12-20-18(19-2)21-13-16-8-10-23-14-16;/h5-8,10-11,14H,3-4,9,12-13H2,1-2H3,(H2,19,20,21);1H. The van der Waals surface area contributed by atoms with Crippen LogP contribution in [-0.4, -0.2) is 19.6 Å². The molecule has 0 bridgehead atoms. The summed E-state index contributed by atoms with van der Waals surface area (Å²) in [5, 5.41) is 10.9. The highest BCUT2D eigenvalue weighted by atomic mass is 127. The number of ether oxygens (including phenoxy) is 1. The van der Waals surface area contributed by atoms with Crippen molar-refractivity contribution in [3.05, 3.63) is 52.2 Å². The fourth-order valence-corrected chi connectivity index (χ4v) is 2.73. The average molecular weight is 459 g/mol. The number of nitrogens with zero attached hydrogens (tertiary/aromatic N) is 1.